The van der Waals surface area contributed by atoms with Crippen LogP contribution in [-0.2, 0) is 0 Å². The molecule has 2 atom stereocenters. The Morgan fingerprint density at radius 2 is 2.50 bits per heavy atom. The third-order valence-corrected chi connectivity index (χ3v) is 3.52. The van der Waals surface area contributed by atoms with Gasteiger partial charge < -0.3 is 5.73 Å². The van der Waals surface area contributed by atoms with E-state index in [9.17, 15) is 0 Å². The molecule has 2 saturated heterocycles. The summed E-state index contributed by atoms with van der Waals surface area (Å²) in [6.45, 7) is 8.64. The van der Waals surface area contributed by atoms with Gasteiger partial charge in [0, 0.05) is 13.1 Å². The van der Waals surface area contributed by atoms with Crippen molar-refractivity contribution in [1.29, 1.82) is 0 Å². The van der Waals surface area contributed by atoms with E-state index < -0.39 is 0 Å². The normalized spacial score (nSPS) is 42.2. The van der Waals surface area contributed by atoms with Gasteiger partial charge in [-0.05, 0) is 24.3 Å². The van der Waals surface area contributed by atoms with E-state index in [2.05, 4.69) is 18.4 Å². The fourth-order valence-corrected chi connectivity index (χ4v) is 2.53. The molecule has 2 unspecified atom stereocenters. The van der Waals surface area contributed by atoms with E-state index >= 15 is 0 Å². The van der Waals surface area contributed by atoms with Gasteiger partial charge in [-0.15, -0.1) is 0 Å². The van der Waals surface area contributed by atoms with Crippen molar-refractivity contribution >= 4 is 0 Å². The molecule has 0 aliphatic carbocycles. The molecule has 2 heteroatoms. The average molecular weight is 166 g/mol. The van der Waals surface area contributed by atoms with Crippen molar-refractivity contribution in [2.45, 2.75) is 31.8 Å². The smallest absolute Gasteiger partial charge is 0.0910 e. The van der Waals surface area contributed by atoms with Crippen LogP contribution < -0.4 is 5.73 Å². The highest BCUT2D eigenvalue weighted by Gasteiger charge is 2.47. The number of rotatable bonds is 1. The van der Waals surface area contributed by atoms with Crippen LogP contribution in [0.25, 0.3) is 0 Å². The van der Waals surface area contributed by atoms with E-state index in [0.717, 1.165) is 25.3 Å². The summed E-state index contributed by atoms with van der Waals surface area (Å²) in [5, 5.41) is 0. The minimum absolute atomic E-state index is 0.124. The molecule has 0 radical (unpaired) electrons. The largest absolute Gasteiger partial charge is 0.310 e. The third kappa shape index (κ3) is 0.947. The van der Waals surface area contributed by atoms with Gasteiger partial charge in [-0.2, -0.15) is 0 Å². The van der Waals surface area contributed by atoms with E-state index in [-0.39, 0.29) is 5.66 Å². The summed E-state index contributed by atoms with van der Waals surface area (Å²) in [5.74, 6) is 0.798. The van der Waals surface area contributed by atoms with Crippen molar-refractivity contribution in [3.8, 4) is 0 Å². The molecule has 0 amide bonds. The molecule has 2 aliphatic rings. The summed E-state index contributed by atoms with van der Waals surface area (Å²) in [4.78, 5) is 2.41. The molecule has 0 saturated carbocycles. The average Bonchev–Trinajstić information content (AvgIpc) is 2.50. The molecule has 12 heavy (non-hydrogen) atoms. The third-order valence-electron chi connectivity index (χ3n) is 3.52. The van der Waals surface area contributed by atoms with Crippen molar-refractivity contribution in [3.05, 3.63) is 12.2 Å². The molecule has 2 fully saturated rings. The second-order valence-electron chi connectivity index (χ2n) is 4.20. The van der Waals surface area contributed by atoms with Crippen molar-refractivity contribution in [3.63, 3.8) is 0 Å². The first kappa shape index (κ1) is 8.27. The van der Waals surface area contributed by atoms with Crippen molar-refractivity contribution < 1.29 is 0 Å². The molecular formula is C10H18N2. The zero-order chi connectivity index (χ0) is 8.77. The van der Waals surface area contributed by atoms with Crippen molar-refractivity contribution in [2.24, 2.45) is 11.7 Å². The monoisotopic (exact) mass is 166 g/mol. The maximum absolute atomic E-state index is 6.30. The molecule has 0 aromatic heterocycles. The van der Waals surface area contributed by atoms with Gasteiger partial charge in [0.15, 0.2) is 0 Å². The zero-order valence-corrected chi connectivity index (χ0v) is 7.84. The van der Waals surface area contributed by atoms with Crippen molar-refractivity contribution in [2.75, 3.05) is 13.1 Å². The van der Waals surface area contributed by atoms with Crippen LogP contribution in [0.2, 0.25) is 0 Å². The number of fused-ring (bicyclic) bond motifs is 1. The van der Waals surface area contributed by atoms with E-state index in [1.807, 2.05) is 0 Å². The molecule has 2 N–H and O–H groups in total. The predicted molar refractivity (Wildman–Crippen MR) is 50.6 cm³/mol. The molecule has 2 nitrogen and oxygen atoms in total. The first-order valence-corrected chi connectivity index (χ1v) is 4.89. The standard InChI is InChI=1S/C10H18N2/c1-3-9-6-10(11)8(2)4-5-12(10)7-9/h9H,2-7,11H2,1H3. The molecular weight excluding hydrogens is 148 g/mol. The molecule has 2 rings (SSSR count). The summed E-state index contributed by atoms with van der Waals surface area (Å²) in [6, 6.07) is 0. The number of nitrogens with zero attached hydrogens (tertiary/aromatic N) is 1. The minimum Gasteiger partial charge on any atom is -0.310 e. The number of hydrogen-bond donors (Lipinski definition) is 1. The second kappa shape index (κ2) is 2.57. The van der Waals surface area contributed by atoms with Crippen LogP contribution in [0.15, 0.2) is 12.2 Å². The van der Waals surface area contributed by atoms with Crippen LogP contribution in [0, 0.1) is 5.92 Å². The quantitative estimate of drug-likeness (QED) is 0.595. The highest BCUT2D eigenvalue weighted by molar-refractivity contribution is 5.23. The van der Waals surface area contributed by atoms with Crippen LogP contribution in [-0.4, -0.2) is 23.7 Å². The summed E-state index contributed by atoms with van der Waals surface area (Å²) in [5.41, 5.74) is 7.42. The Balaban J connectivity index is 2.18. The minimum atomic E-state index is -0.124. The lowest BCUT2D eigenvalue weighted by Crippen LogP contribution is -2.47. The Bertz CT molecular complexity index is 212. The van der Waals surface area contributed by atoms with Gasteiger partial charge in [-0.25, -0.2) is 0 Å². The Labute approximate surface area is 74.4 Å². The Morgan fingerprint density at radius 3 is 3.08 bits per heavy atom. The van der Waals surface area contributed by atoms with E-state index in [0.29, 0.717) is 0 Å². The van der Waals surface area contributed by atoms with E-state index in [1.165, 1.54) is 18.5 Å². The topological polar surface area (TPSA) is 29.3 Å². The van der Waals surface area contributed by atoms with Gasteiger partial charge in [-0.3, -0.25) is 4.90 Å². The lowest BCUT2D eigenvalue weighted by molar-refractivity contribution is 0.230. The first-order chi connectivity index (χ1) is 5.66. The first-order valence-electron chi connectivity index (χ1n) is 4.89. The van der Waals surface area contributed by atoms with Gasteiger partial charge in [0.05, 0.1) is 5.66 Å². The molecule has 68 valence electrons. The van der Waals surface area contributed by atoms with Crippen LogP contribution >= 0.6 is 0 Å². The summed E-state index contributed by atoms with van der Waals surface area (Å²) in [7, 11) is 0. The zero-order valence-electron chi connectivity index (χ0n) is 7.84. The molecule has 2 heterocycles. The maximum Gasteiger partial charge on any atom is 0.0910 e. The van der Waals surface area contributed by atoms with E-state index in [1.54, 1.807) is 0 Å². The van der Waals surface area contributed by atoms with Crippen LogP contribution in [0.5, 0.6) is 0 Å². The fourth-order valence-electron chi connectivity index (χ4n) is 2.53. The van der Waals surface area contributed by atoms with Crippen molar-refractivity contribution in [1.82, 2.24) is 4.90 Å². The van der Waals surface area contributed by atoms with Gasteiger partial charge >= 0.3 is 0 Å². The maximum atomic E-state index is 6.30. The van der Waals surface area contributed by atoms with Crippen LogP contribution in [0.1, 0.15) is 26.2 Å². The molecule has 0 bridgehead atoms. The summed E-state index contributed by atoms with van der Waals surface area (Å²) < 4.78 is 0. The van der Waals surface area contributed by atoms with Gasteiger partial charge in [0.2, 0.25) is 0 Å². The Kier molecular flexibility index (Phi) is 1.77. The molecule has 2 aliphatic heterocycles. The second-order valence-corrected chi connectivity index (χ2v) is 4.20. The van der Waals surface area contributed by atoms with Gasteiger partial charge in [0.25, 0.3) is 0 Å². The van der Waals surface area contributed by atoms with Gasteiger partial charge in [-0.1, -0.05) is 19.9 Å². The summed E-state index contributed by atoms with van der Waals surface area (Å²) >= 11 is 0. The SMILES string of the molecule is C=C1CCN2CC(CC)CC12N. The lowest BCUT2D eigenvalue weighted by atomic mass is 9.94. The number of nitrogens with two attached hydrogens (primary N) is 1. The highest BCUT2D eigenvalue weighted by atomic mass is 15.3. The predicted octanol–water partition coefficient (Wildman–Crippen LogP) is 1.33. The van der Waals surface area contributed by atoms with Gasteiger partial charge in [0.1, 0.15) is 0 Å². The molecule has 0 aromatic rings. The lowest BCUT2D eigenvalue weighted by Gasteiger charge is -2.27. The molecule has 0 spiro atoms. The fraction of sp³-hybridized carbons (Fsp3) is 0.800. The Morgan fingerprint density at radius 1 is 1.75 bits per heavy atom. The highest BCUT2D eigenvalue weighted by Crippen LogP contribution is 2.41. The molecule has 0 aromatic carbocycles. The summed E-state index contributed by atoms with van der Waals surface area (Å²) in [6.07, 6.45) is 3.48. The Hall–Kier alpha value is -0.340. The van der Waals surface area contributed by atoms with Crippen LogP contribution in [0.4, 0.5) is 0 Å². The number of hydrogen-bond acceptors (Lipinski definition) is 2. The van der Waals surface area contributed by atoms with E-state index in [4.69, 9.17) is 5.73 Å². The van der Waals surface area contributed by atoms with Crippen LogP contribution in [0.3, 0.4) is 0 Å².